The largest absolute Gasteiger partial charge is 0.495 e. The molecule has 0 spiro atoms. The number of nitrogens with one attached hydrogen (secondary N) is 2. The van der Waals surface area contributed by atoms with E-state index in [2.05, 4.69) is 15.6 Å². The van der Waals surface area contributed by atoms with E-state index in [4.69, 9.17) is 27.9 Å². The van der Waals surface area contributed by atoms with Gasteiger partial charge in [-0.25, -0.2) is 4.98 Å². The summed E-state index contributed by atoms with van der Waals surface area (Å²) in [5, 5.41) is 9.61. The fourth-order valence-electron chi connectivity index (χ4n) is 2.89. The van der Waals surface area contributed by atoms with Crippen LogP contribution in [0.25, 0.3) is 11.3 Å². The van der Waals surface area contributed by atoms with Gasteiger partial charge in [0, 0.05) is 22.2 Å². The number of nitrogens with zero attached hydrogens (tertiary/aromatic N) is 1. The summed E-state index contributed by atoms with van der Waals surface area (Å²) >= 11 is 13.4. The van der Waals surface area contributed by atoms with Crippen LogP contribution in [0.1, 0.15) is 10.4 Å². The number of hydrogen-bond donors (Lipinski definition) is 2. The number of carbonyl (C=O) groups excluding carboxylic acids is 1. The van der Waals surface area contributed by atoms with E-state index in [1.807, 2.05) is 53.9 Å². The molecule has 1 heterocycles. The monoisotopic (exact) mass is 469 g/mol. The Morgan fingerprint density at radius 1 is 1.00 bits per heavy atom. The third-order valence-electron chi connectivity index (χ3n) is 4.47. The Hall–Kier alpha value is -3.06. The average molecular weight is 470 g/mol. The van der Waals surface area contributed by atoms with Crippen LogP contribution >= 0.6 is 34.5 Å². The first kappa shape index (κ1) is 21.2. The molecule has 0 aliphatic rings. The number of thiazole rings is 1. The molecule has 3 aromatic carbocycles. The lowest BCUT2D eigenvalue weighted by atomic mass is 10.1. The molecule has 156 valence electrons. The highest BCUT2D eigenvalue weighted by atomic mass is 35.5. The van der Waals surface area contributed by atoms with Gasteiger partial charge in [0.1, 0.15) is 5.75 Å². The van der Waals surface area contributed by atoms with Crippen LogP contribution in [0.15, 0.2) is 72.1 Å². The number of para-hydroxylation sites is 2. The number of benzene rings is 3. The molecular formula is C23H17Cl2N3O2S. The summed E-state index contributed by atoms with van der Waals surface area (Å²) in [5.74, 6) is 0.490. The highest BCUT2D eigenvalue weighted by molar-refractivity contribution is 7.14. The fraction of sp³-hybridized carbons (Fsp3) is 0.0435. The number of ether oxygens (including phenoxy) is 1. The minimum atomic E-state index is -0.261. The molecule has 31 heavy (non-hydrogen) atoms. The van der Waals surface area contributed by atoms with Crippen molar-refractivity contribution >= 4 is 57.0 Å². The molecule has 1 amide bonds. The van der Waals surface area contributed by atoms with Gasteiger partial charge in [0.2, 0.25) is 0 Å². The van der Waals surface area contributed by atoms with Crippen LogP contribution in [-0.2, 0) is 0 Å². The molecule has 8 heteroatoms. The van der Waals surface area contributed by atoms with Crippen molar-refractivity contribution in [1.29, 1.82) is 0 Å². The SMILES string of the molecule is COc1ccccc1Nc1nc(-c2ccc(NC(=O)c3ccc(Cl)c(Cl)c3)cc2)cs1. The summed E-state index contributed by atoms with van der Waals surface area (Å²) in [4.78, 5) is 17.1. The molecule has 0 bridgehead atoms. The normalized spacial score (nSPS) is 10.5. The predicted octanol–water partition coefficient (Wildman–Crippen LogP) is 7.12. The van der Waals surface area contributed by atoms with E-state index in [-0.39, 0.29) is 5.91 Å². The lowest BCUT2D eigenvalue weighted by Gasteiger charge is -2.08. The summed E-state index contributed by atoms with van der Waals surface area (Å²) < 4.78 is 5.36. The van der Waals surface area contributed by atoms with Crippen LogP contribution in [0.4, 0.5) is 16.5 Å². The minimum absolute atomic E-state index is 0.261. The molecule has 2 N–H and O–H groups in total. The van der Waals surface area contributed by atoms with Gasteiger partial charge >= 0.3 is 0 Å². The predicted molar refractivity (Wildman–Crippen MR) is 128 cm³/mol. The molecule has 0 atom stereocenters. The molecule has 0 aliphatic carbocycles. The van der Waals surface area contributed by atoms with Gasteiger partial charge in [-0.05, 0) is 42.5 Å². The lowest BCUT2D eigenvalue weighted by Crippen LogP contribution is -2.11. The highest BCUT2D eigenvalue weighted by Crippen LogP contribution is 2.31. The van der Waals surface area contributed by atoms with Crippen LogP contribution in [-0.4, -0.2) is 18.0 Å². The average Bonchev–Trinajstić information content (AvgIpc) is 3.25. The van der Waals surface area contributed by atoms with Gasteiger partial charge < -0.3 is 15.4 Å². The summed E-state index contributed by atoms with van der Waals surface area (Å²) in [5.41, 5.74) is 3.74. The lowest BCUT2D eigenvalue weighted by molar-refractivity contribution is 0.102. The smallest absolute Gasteiger partial charge is 0.255 e. The van der Waals surface area contributed by atoms with Crippen molar-refractivity contribution in [1.82, 2.24) is 4.98 Å². The molecule has 0 aliphatic heterocycles. The van der Waals surface area contributed by atoms with Crippen LogP contribution in [0.5, 0.6) is 5.75 Å². The Kier molecular flexibility index (Phi) is 6.42. The molecule has 0 fully saturated rings. The molecule has 5 nitrogen and oxygen atoms in total. The van der Waals surface area contributed by atoms with Gasteiger partial charge in [0.25, 0.3) is 5.91 Å². The molecule has 4 aromatic rings. The molecule has 4 rings (SSSR count). The second-order valence-corrected chi connectivity index (χ2v) is 8.20. The Morgan fingerprint density at radius 3 is 2.52 bits per heavy atom. The number of methoxy groups -OCH3 is 1. The van der Waals surface area contributed by atoms with Gasteiger partial charge in [-0.1, -0.05) is 47.5 Å². The van der Waals surface area contributed by atoms with Crippen LogP contribution < -0.4 is 15.4 Å². The maximum atomic E-state index is 12.4. The van der Waals surface area contributed by atoms with Gasteiger partial charge in [-0.15, -0.1) is 11.3 Å². The number of rotatable bonds is 6. The summed E-state index contributed by atoms with van der Waals surface area (Å²) in [6.07, 6.45) is 0. The Bertz CT molecular complexity index is 1230. The first-order chi connectivity index (χ1) is 15.0. The van der Waals surface area contributed by atoms with Crippen molar-refractivity contribution in [2.24, 2.45) is 0 Å². The first-order valence-electron chi connectivity index (χ1n) is 9.26. The zero-order valence-electron chi connectivity index (χ0n) is 16.4. The van der Waals surface area contributed by atoms with Gasteiger partial charge in [0.15, 0.2) is 5.13 Å². The third-order valence-corrected chi connectivity index (χ3v) is 5.97. The maximum Gasteiger partial charge on any atom is 0.255 e. The van der Waals surface area contributed by atoms with E-state index in [0.717, 1.165) is 27.8 Å². The van der Waals surface area contributed by atoms with E-state index in [9.17, 15) is 4.79 Å². The Morgan fingerprint density at radius 2 is 1.77 bits per heavy atom. The molecule has 1 aromatic heterocycles. The van der Waals surface area contributed by atoms with Crippen molar-refractivity contribution < 1.29 is 9.53 Å². The number of carbonyl (C=O) groups is 1. The van der Waals surface area contributed by atoms with E-state index in [1.165, 1.54) is 11.3 Å². The molecule has 0 saturated heterocycles. The number of anilines is 3. The number of aromatic nitrogens is 1. The first-order valence-corrected chi connectivity index (χ1v) is 10.9. The van der Waals surface area contributed by atoms with Gasteiger partial charge in [0.05, 0.1) is 28.5 Å². The number of amides is 1. The van der Waals surface area contributed by atoms with Crippen LogP contribution in [0.2, 0.25) is 10.0 Å². The zero-order chi connectivity index (χ0) is 21.8. The standard InChI is InChI=1S/C23H17Cl2N3O2S/c1-30-21-5-3-2-4-19(21)27-23-28-20(13-31-23)14-6-9-16(10-7-14)26-22(29)15-8-11-17(24)18(25)12-15/h2-13H,1H3,(H,26,29)(H,27,28). The minimum Gasteiger partial charge on any atom is -0.495 e. The Balaban J connectivity index is 1.45. The van der Waals surface area contributed by atoms with Crippen molar-refractivity contribution in [3.05, 3.63) is 87.7 Å². The third kappa shape index (κ3) is 4.99. The maximum absolute atomic E-state index is 12.4. The second-order valence-electron chi connectivity index (χ2n) is 6.52. The zero-order valence-corrected chi connectivity index (χ0v) is 18.7. The Labute approximate surface area is 193 Å². The topological polar surface area (TPSA) is 63.2 Å². The highest BCUT2D eigenvalue weighted by Gasteiger charge is 2.10. The van der Waals surface area contributed by atoms with Crippen LogP contribution in [0, 0.1) is 0 Å². The van der Waals surface area contributed by atoms with Gasteiger partial charge in [-0.3, -0.25) is 4.79 Å². The second kappa shape index (κ2) is 9.39. The molecule has 0 unspecified atom stereocenters. The molecule has 0 saturated carbocycles. The molecular weight excluding hydrogens is 453 g/mol. The van der Waals surface area contributed by atoms with Crippen molar-refractivity contribution in [3.8, 4) is 17.0 Å². The summed E-state index contributed by atoms with van der Waals surface area (Å²) in [6, 6.07) is 19.9. The van der Waals surface area contributed by atoms with E-state index >= 15 is 0 Å². The molecule has 0 radical (unpaired) electrons. The van der Waals surface area contributed by atoms with Crippen molar-refractivity contribution in [2.75, 3.05) is 17.7 Å². The fourth-order valence-corrected chi connectivity index (χ4v) is 3.92. The van der Waals surface area contributed by atoms with Crippen LogP contribution in [0.3, 0.4) is 0 Å². The van der Waals surface area contributed by atoms with E-state index in [0.29, 0.717) is 21.3 Å². The van der Waals surface area contributed by atoms with E-state index in [1.54, 1.807) is 25.3 Å². The number of hydrogen-bond acceptors (Lipinski definition) is 5. The van der Waals surface area contributed by atoms with Crippen molar-refractivity contribution in [3.63, 3.8) is 0 Å². The van der Waals surface area contributed by atoms with Gasteiger partial charge in [-0.2, -0.15) is 0 Å². The number of halogens is 2. The van der Waals surface area contributed by atoms with E-state index < -0.39 is 0 Å². The summed E-state index contributed by atoms with van der Waals surface area (Å²) in [7, 11) is 1.63. The van der Waals surface area contributed by atoms with Crippen molar-refractivity contribution in [2.45, 2.75) is 0 Å². The summed E-state index contributed by atoms with van der Waals surface area (Å²) in [6.45, 7) is 0. The quantitative estimate of drug-likeness (QED) is 0.315.